The number of amidine groups is 1. The molecule has 7 heteroatoms. The number of piperazine rings is 1. The van der Waals surface area contributed by atoms with Gasteiger partial charge in [-0.05, 0) is 69.8 Å². The summed E-state index contributed by atoms with van der Waals surface area (Å²) in [6.07, 6.45) is 0.0764. The van der Waals surface area contributed by atoms with Crippen molar-refractivity contribution in [2.45, 2.75) is 45.3 Å². The fourth-order valence-corrected chi connectivity index (χ4v) is 4.40. The van der Waals surface area contributed by atoms with Gasteiger partial charge >= 0.3 is 6.18 Å². The van der Waals surface area contributed by atoms with Crippen molar-refractivity contribution in [1.82, 2.24) is 9.80 Å². The molecular formula is C23H29F3N4. The van der Waals surface area contributed by atoms with Gasteiger partial charge in [-0.2, -0.15) is 13.2 Å². The average Bonchev–Trinajstić information content (AvgIpc) is 2.78. The Kier molecular flexibility index (Phi) is 5.75. The van der Waals surface area contributed by atoms with Gasteiger partial charge < -0.3 is 9.80 Å². The van der Waals surface area contributed by atoms with Crippen LogP contribution in [0.3, 0.4) is 0 Å². The van der Waals surface area contributed by atoms with Crippen LogP contribution in [-0.4, -0.2) is 60.6 Å². The highest BCUT2D eigenvalue weighted by Crippen LogP contribution is 2.35. The predicted molar refractivity (Wildman–Crippen MR) is 115 cm³/mol. The molecule has 2 atom stereocenters. The number of hydrogen-bond acceptors (Lipinski definition) is 4. The summed E-state index contributed by atoms with van der Waals surface area (Å²) in [5.74, 6) is 1.10. The average molecular weight is 419 g/mol. The van der Waals surface area contributed by atoms with Crippen molar-refractivity contribution < 1.29 is 13.2 Å². The molecule has 3 aliphatic rings. The van der Waals surface area contributed by atoms with Gasteiger partial charge in [0.15, 0.2) is 5.84 Å². The van der Waals surface area contributed by atoms with Crippen molar-refractivity contribution in [1.29, 1.82) is 0 Å². The second-order valence-corrected chi connectivity index (χ2v) is 8.73. The molecule has 0 saturated carbocycles. The summed E-state index contributed by atoms with van der Waals surface area (Å²) in [6, 6.07) is 4.05. The van der Waals surface area contributed by atoms with E-state index in [0.29, 0.717) is 17.7 Å². The van der Waals surface area contributed by atoms with Crippen LogP contribution in [0.5, 0.6) is 0 Å². The van der Waals surface area contributed by atoms with Crippen LogP contribution >= 0.6 is 0 Å². The number of rotatable bonds is 0. The van der Waals surface area contributed by atoms with Crippen molar-refractivity contribution in [3.63, 3.8) is 0 Å². The van der Waals surface area contributed by atoms with Gasteiger partial charge in [0.05, 0.1) is 23.0 Å². The third-order valence-electron chi connectivity index (χ3n) is 6.44. The SMILES string of the molecule is CC1=CC2CCc3cc(C(F)(F)F)ccc3N=C(N3CCN(C)CC3)C(=NC1C)C2. The molecule has 1 saturated heterocycles. The van der Waals surface area contributed by atoms with Gasteiger partial charge in [0.2, 0.25) is 0 Å². The molecule has 1 aromatic carbocycles. The van der Waals surface area contributed by atoms with Gasteiger partial charge in [-0.15, -0.1) is 0 Å². The van der Waals surface area contributed by atoms with E-state index < -0.39 is 11.7 Å². The number of benzene rings is 1. The van der Waals surface area contributed by atoms with E-state index in [-0.39, 0.29) is 12.0 Å². The van der Waals surface area contributed by atoms with Crippen LogP contribution in [0.1, 0.15) is 37.8 Å². The Labute approximate surface area is 176 Å². The Morgan fingerprint density at radius 2 is 1.83 bits per heavy atom. The minimum atomic E-state index is -4.35. The first kappa shape index (κ1) is 21.1. The number of likely N-dealkylation sites (N-methyl/N-ethyl adjacent to an activating group) is 1. The Balaban J connectivity index is 1.82. The lowest BCUT2D eigenvalue weighted by atomic mass is 9.92. The second kappa shape index (κ2) is 8.17. The molecule has 0 spiro atoms. The summed E-state index contributed by atoms with van der Waals surface area (Å²) < 4.78 is 39.9. The first-order valence-electron chi connectivity index (χ1n) is 10.7. The van der Waals surface area contributed by atoms with E-state index in [1.807, 2.05) is 0 Å². The smallest absolute Gasteiger partial charge is 0.353 e. The van der Waals surface area contributed by atoms with Crippen LogP contribution in [0.4, 0.5) is 18.9 Å². The maximum atomic E-state index is 13.3. The summed E-state index contributed by atoms with van der Waals surface area (Å²) in [4.78, 5) is 14.5. The number of aliphatic imine (C=N–C) groups is 2. The van der Waals surface area contributed by atoms with Crippen LogP contribution in [0.25, 0.3) is 0 Å². The molecule has 4 rings (SSSR count). The van der Waals surface area contributed by atoms with Crippen molar-refractivity contribution in [2.75, 3.05) is 33.2 Å². The number of fused-ring (bicyclic) bond motifs is 3. The Morgan fingerprint density at radius 3 is 2.53 bits per heavy atom. The minimum absolute atomic E-state index is 0.0918. The zero-order valence-corrected chi connectivity index (χ0v) is 17.8. The fraction of sp³-hybridized carbons (Fsp3) is 0.565. The summed E-state index contributed by atoms with van der Waals surface area (Å²) in [5, 5.41) is 0. The minimum Gasteiger partial charge on any atom is -0.353 e. The molecule has 3 aliphatic heterocycles. The summed E-state index contributed by atoms with van der Waals surface area (Å²) >= 11 is 0. The number of alkyl halides is 3. The molecular weight excluding hydrogens is 389 g/mol. The number of nitrogens with zero attached hydrogens (tertiary/aromatic N) is 4. The van der Waals surface area contributed by atoms with E-state index in [9.17, 15) is 13.2 Å². The molecule has 0 N–H and O–H groups in total. The monoisotopic (exact) mass is 418 g/mol. The van der Waals surface area contributed by atoms with Crippen LogP contribution in [0, 0.1) is 5.92 Å². The van der Waals surface area contributed by atoms with Gasteiger partial charge in [0, 0.05) is 26.2 Å². The van der Waals surface area contributed by atoms with Crippen molar-refractivity contribution >= 4 is 17.2 Å². The van der Waals surface area contributed by atoms with Gasteiger partial charge in [0.25, 0.3) is 0 Å². The summed E-state index contributed by atoms with van der Waals surface area (Å²) in [6.45, 7) is 7.75. The largest absolute Gasteiger partial charge is 0.416 e. The van der Waals surface area contributed by atoms with E-state index in [1.165, 1.54) is 17.7 Å². The highest BCUT2D eigenvalue weighted by Gasteiger charge is 2.32. The highest BCUT2D eigenvalue weighted by atomic mass is 19.4. The summed E-state index contributed by atoms with van der Waals surface area (Å²) in [5.41, 5.74) is 2.91. The maximum Gasteiger partial charge on any atom is 0.416 e. The lowest BCUT2D eigenvalue weighted by Gasteiger charge is -2.35. The van der Waals surface area contributed by atoms with Crippen LogP contribution in [0.15, 0.2) is 39.8 Å². The van der Waals surface area contributed by atoms with E-state index in [1.54, 1.807) is 0 Å². The highest BCUT2D eigenvalue weighted by molar-refractivity contribution is 6.42. The first-order chi connectivity index (χ1) is 14.2. The normalized spacial score (nSPS) is 25.8. The third-order valence-corrected chi connectivity index (χ3v) is 6.44. The van der Waals surface area contributed by atoms with Gasteiger partial charge in [-0.1, -0.05) is 11.6 Å². The molecule has 2 bridgehead atoms. The van der Waals surface area contributed by atoms with Crippen molar-refractivity contribution in [3.05, 3.63) is 41.0 Å². The van der Waals surface area contributed by atoms with Crippen molar-refractivity contribution in [3.8, 4) is 0 Å². The molecule has 4 nitrogen and oxygen atoms in total. The molecule has 0 aromatic heterocycles. The Morgan fingerprint density at radius 1 is 1.10 bits per heavy atom. The third kappa shape index (κ3) is 4.46. The molecule has 0 amide bonds. The van der Waals surface area contributed by atoms with Crippen molar-refractivity contribution in [2.24, 2.45) is 15.9 Å². The molecule has 0 radical (unpaired) electrons. The molecule has 1 fully saturated rings. The maximum absolute atomic E-state index is 13.3. The number of halogens is 3. The van der Waals surface area contributed by atoms with Gasteiger partial charge in [0.1, 0.15) is 0 Å². The number of allylic oxidation sites excluding steroid dienone is 1. The topological polar surface area (TPSA) is 31.2 Å². The molecule has 2 unspecified atom stereocenters. The predicted octanol–water partition coefficient (Wildman–Crippen LogP) is 4.72. The summed E-state index contributed by atoms with van der Waals surface area (Å²) in [7, 11) is 2.10. The fourth-order valence-electron chi connectivity index (χ4n) is 4.40. The molecule has 3 heterocycles. The number of hydrogen-bond donors (Lipinski definition) is 0. The molecule has 1 aromatic rings. The van der Waals surface area contributed by atoms with Gasteiger partial charge in [-0.3, -0.25) is 4.99 Å². The van der Waals surface area contributed by atoms with Crippen LogP contribution in [0.2, 0.25) is 0 Å². The standard InChI is InChI=1S/C23H29F3N4/c1-15-12-17-4-5-18-14-19(23(24,25)26)6-7-20(18)28-22(21(13-17)27-16(15)2)30-10-8-29(3)9-11-30/h6-7,12,14,16-17H,4-5,8-11,13H2,1-3H3. The molecule has 0 aliphatic carbocycles. The Hall–Kier alpha value is -2.15. The van der Waals surface area contributed by atoms with E-state index >= 15 is 0 Å². The first-order valence-corrected chi connectivity index (χ1v) is 10.7. The quantitative estimate of drug-likeness (QED) is 0.571. The second-order valence-electron chi connectivity index (χ2n) is 8.73. The molecule has 162 valence electrons. The van der Waals surface area contributed by atoms with Crippen LogP contribution < -0.4 is 0 Å². The van der Waals surface area contributed by atoms with Gasteiger partial charge in [-0.25, -0.2) is 4.99 Å². The van der Waals surface area contributed by atoms with E-state index in [4.69, 9.17) is 9.98 Å². The Bertz CT molecular complexity index is 892. The molecule has 30 heavy (non-hydrogen) atoms. The lowest BCUT2D eigenvalue weighted by molar-refractivity contribution is -0.137. The zero-order chi connectivity index (χ0) is 21.5. The number of aryl methyl sites for hydroxylation is 1. The zero-order valence-electron chi connectivity index (χ0n) is 17.8. The lowest BCUT2D eigenvalue weighted by Crippen LogP contribution is -2.49. The van der Waals surface area contributed by atoms with E-state index in [2.05, 4.69) is 36.8 Å². The van der Waals surface area contributed by atoms with E-state index in [0.717, 1.165) is 56.6 Å². The van der Waals surface area contributed by atoms with Crippen LogP contribution in [-0.2, 0) is 12.6 Å².